The second-order valence-electron chi connectivity index (χ2n) is 8.33. The molecule has 35 heavy (non-hydrogen) atoms. The van der Waals surface area contributed by atoms with E-state index in [0.717, 1.165) is 0 Å². The minimum Gasteiger partial charge on any atom is -0.462 e. The van der Waals surface area contributed by atoms with Crippen molar-refractivity contribution >= 4 is 29.2 Å². The summed E-state index contributed by atoms with van der Waals surface area (Å²) in [5.41, 5.74) is 5.80. The molecule has 3 heterocycles. The van der Waals surface area contributed by atoms with Crippen LogP contribution in [0.15, 0.2) is 70.8 Å². The van der Waals surface area contributed by atoms with Gasteiger partial charge < -0.3 is 25.1 Å². The van der Waals surface area contributed by atoms with Crippen LogP contribution in [-0.4, -0.2) is 23.5 Å². The van der Waals surface area contributed by atoms with Gasteiger partial charge in [-0.3, -0.25) is 9.59 Å². The average molecular weight is 492 g/mol. The number of H-pyrrole nitrogens is 1. The Morgan fingerprint density at radius 2 is 1.89 bits per heavy atom. The smallest absolute Gasteiger partial charge is 0.341 e. The molecule has 1 atom stereocenters. The van der Waals surface area contributed by atoms with E-state index < -0.39 is 22.9 Å². The molecule has 2 aliphatic rings. The molecule has 0 saturated carbocycles. The van der Waals surface area contributed by atoms with Gasteiger partial charge in [-0.2, -0.15) is 0 Å². The van der Waals surface area contributed by atoms with E-state index in [1.165, 1.54) is 4.90 Å². The fourth-order valence-corrected chi connectivity index (χ4v) is 5.12. The number of amides is 1. The molecule has 5 rings (SSSR count). The van der Waals surface area contributed by atoms with Gasteiger partial charge in [-0.15, -0.1) is 0 Å². The number of aromatic amines is 1. The highest BCUT2D eigenvalue weighted by Gasteiger charge is 2.62. The number of pyridine rings is 1. The second kappa shape index (κ2) is 8.32. The van der Waals surface area contributed by atoms with Gasteiger partial charge in [0.1, 0.15) is 16.7 Å². The average Bonchev–Trinajstić information content (AvgIpc) is 3.03. The molecule has 2 aromatic carbocycles. The van der Waals surface area contributed by atoms with Gasteiger partial charge in [0, 0.05) is 28.0 Å². The number of carbonyl (C=O) groups excluding carboxylic acids is 2. The van der Waals surface area contributed by atoms with Crippen molar-refractivity contribution in [2.45, 2.75) is 25.8 Å². The van der Waals surface area contributed by atoms with E-state index in [0.29, 0.717) is 27.5 Å². The zero-order valence-electron chi connectivity index (χ0n) is 19.1. The number of ether oxygens (including phenoxy) is 2. The number of rotatable bonds is 4. The number of fused-ring (bicyclic) bond motifs is 4. The predicted octanol–water partition coefficient (Wildman–Crippen LogP) is 3.30. The quantitative estimate of drug-likeness (QED) is 0.541. The zero-order valence-corrected chi connectivity index (χ0v) is 19.8. The third-order valence-electron chi connectivity index (χ3n) is 6.28. The number of esters is 1. The lowest BCUT2D eigenvalue weighted by Crippen LogP contribution is -2.51. The zero-order chi connectivity index (χ0) is 24.9. The van der Waals surface area contributed by atoms with Gasteiger partial charge >= 0.3 is 5.97 Å². The van der Waals surface area contributed by atoms with Crippen LogP contribution in [0, 0.1) is 6.92 Å². The maximum Gasteiger partial charge on any atom is 0.341 e. The molecule has 2 aliphatic heterocycles. The molecule has 1 aromatic heterocycles. The standard InChI is InChI=1S/C26H22ClN3O5/c1-3-34-24(32)21-22(28)35-19-12-14(2)29-23(31)20(19)26(21)16-9-5-7-11-18(16)30(25(26)33)13-15-8-4-6-10-17(15)27/h4-12H,3,13,28H2,1-2H3,(H,29,31). The summed E-state index contributed by atoms with van der Waals surface area (Å²) >= 11 is 6.41. The van der Waals surface area contributed by atoms with E-state index in [-0.39, 0.29) is 35.9 Å². The van der Waals surface area contributed by atoms with Gasteiger partial charge in [0.25, 0.3) is 5.56 Å². The van der Waals surface area contributed by atoms with Gasteiger partial charge in [-0.05, 0) is 31.5 Å². The van der Waals surface area contributed by atoms with E-state index in [2.05, 4.69) is 4.98 Å². The number of anilines is 1. The number of aromatic nitrogens is 1. The third-order valence-corrected chi connectivity index (χ3v) is 6.65. The first-order chi connectivity index (χ1) is 16.8. The fourth-order valence-electron chi connectivity index (χ4n) is 4.92. The summed E-state index contributed by atoms with van der Waals surface area (Å²) in [5.74, 6) is -1.54. The Balaban J connectivity index is 1.84. The highest BCUT2D eigenvalue weighted by Crippen LogP contribution is 2.54. The SMILES string of the molecule is CCOC(=O)C1=C(N)Oc2cc(C)[nH]c(=O)c2C12C(=O)N(Cc1ccccc1Cl)c1ccccc12. The van der Waals surface area contributed by atoms with Crippen LogP contribution in [0.3, 0.4) is 0 Å². The molecule has 8 nitrogen and oxygen atoms in total. The molecule has 1 amide bonds. The summed E-state index contributed by atoms with van der Waals surface area (Å²) in [5, 5.41) is 0.486. The van der Waals surface area contributed by atoms with Crippen LogP contribution in [0.2, 0.25) is 5.02 Å². The molecule has 9 heteroatoms. The van der Waals surface area contributed by atoms with Crippen molar-refractivity contribution in [3.8, 4) is 5.75 Å². The Hall–Kier alpha value is -4.04. The van der Waals surface area contributed by atoms with Crippen LogP contribution < -0.4 is 20.9 Å². The number of hydrogen-bond donors (Lipinski definition) is 2. The van der Waals surface area contributed by atoms with Gasteiger partial charge in [0.05, 0.1) is 18.7 Å². The van der Waals surface area contributed by atoms with Gasteiger partial charge in [-0.25, -0.2) is 4.79 Å². The van der Waals surface area contributed by atoms with Crippen molar-refractivity contribution in [1.82, 2.24) is 4.98 Å². The normalized spacial score (nSPS) is 18.4. The van der Waals surface area contributed by atoms with Crippen molar-refractivity contribution in [2.75, 3.05) is 11.5 Å². The Labute approximate surface area is 205 Å². The summed E-state index contributed by atoms with van der Waals surface area (Å²) in [6.45, 7) is 3.49. The van der Waals surface area contributed by atoms with Crippen LogP contribution in [-0.2, 0) is 26.3 Å². The van der Waals surface area contributed by atoms with E-state index in [9.17, 15) is 14.4 Å². The molecular weight excluding hydrogens is 470 g/mol. The van der Waals surface area contributed by atoms with Crippen molar-refractivity contribution in [1.29, 1.82) is 0 Å². The van der Waals surface area contributed by atoms with E-state index in [1.54, 1.807) is 56.3 Å². The second-order valence-corrected chi connectivity index (χ2v) is 8.74. The summed E-state index contributed by atoms with van der Waals surface area (Å²) in [6.07, 6.45) is 0. The number of hydrogen-bond acceptors (Lipinski definition) is 6. The molecule has 0 bridgehead atoms. The van der Waals surface area contributed by atoms with Crippen molar-refractivity contribution < 1.29 is 19.1 Å². The first-order valence-corrected chi connectivity index (χ1v) is 11.4. The van der Waals surface area contributed by atoms with Crippen LogP contribution >= 0.6 is 11.6 Å². The summed E-state index contributed by atoms with van der Waals surface area (Å²) < 4.78 is 11.0. The highest BCUT2D eigenvalue weighted by atomic mass is 35.5. The Bertz CT molecular complexity index is 1480. The number of nitrogens with two attached hydrogens (primary N) is 1. The Morgan fingerprint density at radius 1 is 1.17 bits per heavy atom. The third kappa shape index (κ3) is 3.24. The monoisotopic (exact) mass is 491 g/mol. The van der Waals surface area contributed by atoms with Crippen LogP contribution in [0.1, 0.15) is 29.3 Å². The fraction of sp³-hybridized carbons (Fsp3) is 0.192. The lowest BCUT2D eigenvalue weighted by Gasteiger charge is -2.35. The highest BCUT2D eigenvalue weighted by molar-refractivity contribution is 6.31. The van der Waals surface area contributed by atoms with Gasteiger partial charge in [0.2, 0.25) is 11.8 Å². The minimum atomic E-state index is -1.86. The Morgan fingerprint density at radius 3 is 2.63 bits per heavy atom. The van der Waals surface area contributed by atoms with Crippen molar-refractivity contribution in [2.24, 2.45) is 5.73 Å². The molecule has 178 valence electrons. The maximum absolute atomic E-state index is 14.5. The predicted molar refractivity (Wildman–Crippen MR) is 130 cm³/mol. The molecule has 0 saturated heterocycles. The van der Waals surface area contributed by atoms with Gasteiger partial charge in [0.15, 0.2) is 0 Å². The lowest BCUT2D eigenvalue weighted by atomic mass is 9.68. The van der Waals surface area contributed by atoms with Crippen LogP contribution in [0.5, 0.6) is 5.75 Å². The van der Waals surface area contributed by atoms with Crippen molar-refractivity contribution in [3.63, 3.8) is 0 Å². The summed E-state index contributed by atoms with van der Waals surface area (Å²) in [7, 11) is 0. The summed E-state index contributed by atoms with van der Waals surface area (Å²) in [6, 6.07) is 15.7. The number of aryl methyl sites for hydroxylation is 1. The lowest BCUT2D eigenvalue weighted by molar-refractivity contribution is -0.140. The minimum absolute atomic E-state index is 0.0144. The number of benzene rings is 2. The maximum atomic E-state index is 14.5. The molecule has 0 aliphatic carbocycles. The molecule has 1 spiro atoms. The number of carbonyl (C=O) groups is 2. The number of nitrogens with zero attached hydrogens (tertiary/aromatic N) is 1. The Kier molecular flexibility index (Phi) is 5.40. The van der Waals surface area contributed by atoms with Crippen molar-refractivity contribution in [3.05, 3.63) is 104 Å². The van der Waals surface area contributed by atoms with Gasteiger partial charge in [-0.1, -0.05) is 48.0 Å². The molecule has 0 radical (unpaired) electrons. The molecule has 1 unspecified atom stereocenters. The molecular formula is C26H22ClN3O5. The van der Waals surface area contributed by atoms with E-state index >= 15 is 0 Å². The van der Waals surface area contributed by atoms with Crippen LogP contribution in [0.4, 0.5) is 5.69 Å². The molecule has 3 aromatic rings. The number of nitrogens with one attached hydrogen (secondary N) is 1. The first kappa shape index (κ1) is 22.7. The van der Waals surface area contributed by atoms with E-state index in [1.807, 2.05) is 12.1 Å². The largest absolute Gasteiger partial charge is 0.462 e. The molecule has 0 fully saturated rings. The van der Waals surface area contributed by atoms with E-state index in [4.69, 9.17) is 26.8 Å². The topological polar surface area (TPSA) is 115 Å². The number of halogens is 1. The summed E-state index contributed by atoms with van der Waals surface area (Å²) in [4.78, 5) is 45.4. The van der Waals surface area contributed by atoms with Crippen LogP contribution in [0.25, 0.3) is 0 Å². The number of para-hydroxylation sites is 1. The molecule has 3 N–H and O–H groups in total. The first-order valence-electron chi connectivity index (χ1n) is 11.0.